The Labute approximate surface area is 128 Å². The van der Waals surface area contributed by atoms with Crippen LogP contribution in [-0.4, -0.2) is 20.1 Å². The van der Waals surface area contributed by atoms with Gasteiger partial charge in [0.2, 0.25) is 0 Å². The van der Waals surface area contributed by atoms with Gasteiger partial charge in [0.25, 0.3) is 0 Å². The van der Waals surface area contributed by atoms with Crippen LogP contribution in [0.25, 0.3) is 0 Å². The molecule has 0 spiro atoms. The molecular weight excluding hydrogens is 280 g/mol. The fourth-order valence-electron chi connectivity index (χ4n) is 1.97. The predicted octanol–water partition coefficient (Wildman–Crippen LogP) is 3.70. The van der Waals surface area contributed by atoms with Crippen LogP contribution in [0.15, 0.2) is 48.8 Å². The molecule has 1 aromatic carbocycles. The molecule has 0 N–H and O–H groups in total. The first kappa shape index (κ1) is 17.4. The molecule has 4 heteroatoms. The summed E-state index contributed by atoms with van der Waals surface area (Å²) < 4.78 is 0. The van der Waals surface area contributed by atoms with E-state index in [9.17, 15) is 4.79 Å². The highest BCUT2D eigenvalue weighted by Gasteiger charge is 2.26. The maximum Gasteiger partial charge on any atom is 0.373 e. The summed E-state index contributed by atoms with van der Waals surface area (Å²) in [6, 6.07) is 8.45. The van der Waals surface area contributed by atoms with Crippen molar-refractivity contribution < 1.29 is 14.6 Å². The van der Waals surface area contributed by atoms with Gasteiger partial charge in [-0.25, -0.2) is 4.79 Å². The molecule has 0 fully saturated rings. The van der Waals surface area contributed by atoms with Gasteiger partial charge in [-0.1, -0.05) is 42.6 Å². The fraction of sp³-hybridized carbons (Fsp3) is 0.353. The molecule has 21 heavy (non-hydrogen) atoms. The minimum absolute atomic E-state index is 0.102. The van der Waals surface area contributed by atoms with Crippen LogP contribution in [0.3, 0.4) is 0 Å². The van der Waals surface area contributed by atoms with Gasteiger partial charge < -0.3 is 0 Å². The minimum atomic E-state index is -1.85. The Morgan fingerprint density at radius 3 is 2.24 bits per heavy atom. The molecule has 0 heterocycles. The van der Waals surface area contributed by atoms with Crippen molar-refractivity contribution >= 4 is 19.2 Å². The maximum atomic E-state index is 11.9. The highest BCUT2D eigenvalue weighted by Crippen LogP contribution is 2.13. The highest BCUT2D eigenvalue weighted by molar-refractivity contribution is 6.99. The van der Waals surface area contributed by atoms with Gasteiger partial charge in [-0.15, -0.1) is 13.2 Å². The van der Waals surface area contributed by atoms with Crippen molar-refractivity contribution in [1.29, 1.82) is 0 Å². The first-order valence-electron chi connectivity index (χ1n) is 7.28. The zero-order valence-electron chi connectivity index (χ0n) is 13.1. The maximum absolute atomic E-state index is 11.9. The van der Waals surface area contributed by atoms with Gasteiger partial charge in [0.05, 0.1) is 5.56 Å². The average Bonchev–Trinajstić information content (AvgIpc) is 2.55. The van der Waals surface area contributed by atoms with E-state index in [0.717, 1.165) is 12.5 Å². The Kier molecular flexibility index (Phi) is 6.59. The van der Waals surface area contributed by atoms with Crippen molar-refractivity contribution in [1.82, 2.24) is 0 Å². The van der Waals surface area contributed by atoms with Gasteiger partial charge in [0, 0.05) is 0 Å². The van der Waals surface area contributed by atoms with Crippen LogP contribution in [0.4, 0.5) is 0 Å². The van der Waals surface area contributed by atoms with E-state index in [4.69, 9.17) is 9.78 Å². The van der Waals surface area contributed by atoms with E-state index in [1.54, 1.807) is 12.1 Å². The summed E-state index contributed by atoms with van der Waals surface area (Å²) in [5, 5.41) is 1.19. The number of rotatable bonds is 8. The van der Waals surface area contributed by atoms with Crippen LogP contribution in [0.5, 0.6) is 0 Å². The van der Waals surface area contributed by atoms with E-state index < -0.39 is 14.0 Å². The van der Waals surface area contributed by atoms with Crippen molar-refractivity contribution in [3.63, 3.8) is 0 Å². The van der Waals surface area contributed by atoms with E-state index in [1.165, 1.54) is 5.19 Å². The van der Waals surface area contributed by atoms with Crippen molar-refractivity contribution in [2.75, 3.05) is 0 Å². The third-order valence-electron chi connectivity index (χ3n) is 3.83. The molecule has 0 bridgehead atoms. The largest absolute Gasteiger partial charge is 0.373 e. The monoisotopic (exact) mass is 304 g/mol. The first-order valence-corrected chi connectivity index (χ1v) is 9.64. The summed E-state index contributed by atoms with van der Waals surface area (Å²) in [5.41, 5.74) is 4.51. The van der Waals surface area contributed by atoms with E-state index >= 15 is 0 Å². The fourth-order valence-corrected chi connectivity index (χ4v) is 4.38. The highest BCUT2D eigenvalue weighted by atomic mass is 28.3. The normalized spacial score (nSPS) is 12.5. The van der Waals surface area contributed by atoms with Gasteiger partial charge in [-0.05, 0) is 31.5 Å². The third-order valence-corrected chi connectivity index (χ3v) is 7.87. The molecule has 0 amide bonds. The van der Waals surface area contributed by atoms with Gasteiger partial charge in [0.1, 0.15) is 14.2 Å². The third kappa shape index (κ3) is 4.16. The number of carbonyl (C=O) groups is 1. The molecular formula is C17H24O3Si. The second-order valence-electron chi connectivity index (χ2n) is 5.07. The van der Waals surface area contributed by atoms with E-state index in [2.05, 4.69) is 20.1 Å². The number of benzene rings is 1. The van der Waals surface area contributed by atoms with Crippen LogP contribution >= 0.6 is 0 Å². The lowest BCUT2D eigenvalue weighted by atomic mass is 10.2. The average molecular weight is 304 g/mol. The molecule has 0 saturated heterocycles. The van der Waals surface area contributed by atoms with Gasteiger partial charge in [-0.3, -0.25) is 4.89 Å². The molecule has 0 saturated carbocycles. The molecule has 114 valence electrons. The summed E-state index contributed by atoms with van der Waals surface area (Å²) in [7, 11) is -1.85. The lowest BCUT2D eigenvalue weighted by molar-refractivity contribution is -0.270. The second kappa shape index (κ2) is 7.95. The summed E-state index contributed by atoms with van der Waals surface area (Å²) >= 11 is 0. The van der Waals surface area contributed by atoms with Gasteiger partial charge >= 0.3 is 5.97 Å². The Morgan fingerprint density at radius 1 is 1.24 bits per heavy atom. The number of carbonyl (C=O) groups excluding carboxylic acids is 1. The lowest BCUT2D eigenvalue weighted by Crippen LogP contribution is -2.43. The zero-order valence-corrected chi connectivity index (χ0v) is 14.1. The summed E-state index contributed by atoms with van der Waals surface area (Å²) in [6.45, 7) is 13.8. The molecule has 1 atom stereocenters. The van der Waals surface area contributed by atoms with Crippen LogP contribution in [0.1, 0.15) is 37.6 Å². The molecule has 3 nitrogen and oxygen atoms in total. The van der Waals surface area contributed by atoms with Crippen molar-refractivity contribution in [3.8, 4) is 0 Å². The Balaban J connectivity index is 2.85. The van der Waals surface area contributed by atoms with E-state index in [-0.39, 0.29) is 6.10 Å². The first-order chi connectivity index (χ1) is 10.0. The van der Waals surface area contributed by atoms with Crippen LogP contribution in [-0.2, 0) is 9.78 Å². The molecule has 0 aromatic heterocycles. The summed E-state index contributed by atoms with van der Waals surface area (Å²) in [6.07, 6.45) is 0.685. The van der Waals surface area contributed by atoms with Crippen molar-refractivity contribution in [2.24, 2.45) is 0 Å². The summed E-state index contributed by atoms with van der Waals surface area (Å²) in [4.78, 5) is 21.7. The van der Waals surface area contributed by atoms with E-state index in [0.29, 0.717) is 5.56 Å². The van der Waals surface area contributed by atoms with Gasteiger partial charge in [-0.2, -0.15) is 4.89 Å². The van der Waals surface area contributed by atoms with Crippen molar-refractivity contribution in [3.05, 3.63) is 54.4 Å². The number of hydrogen-bond acceptors (Lipinski definition) is 3. The second-order valence-corrected chi connectivity index (χ2v) is 9.25. The molecule has 1 unspecified atom stereocenters. The van der Waals surface area contributed by atoms with E-state index in [1.807, 2.05) is 37.4 Å². The smallest absolute Gasteiger partial charge is 0.293 e. The SMILES string of the molecule is C=C[Si](C=C)(CC)c1ccc(C(=O)OOC(C)CC)cc1. The van der Waals surface area contributed by atoms with Crippen LogP contribution < -0.4 is 5.19 Å². The molecule has 0 aliphatic rings. The minimum Gasteiger partial charge on any atom is -0.293 e. The quantitative estimate of drug-likeness (QED) is 0.417. The standard InChI is InChI=1S/C17H24O3Si/c1-6-14(5)19-20-17(18)15-10-12-16(13-11-15)21(7-2,8-3)9-4/h7-8,10-14H,2-3,6,9H2,1,4-5H3. The predicted molar refractivity (Wildman–Crippen MR) is 89.0 cm³/mol. The molecule has 1 rings (SSSR count). The molecule has 0 aliphatic carbocycles. The lowest BCUT2D eigenvalue weighted by Gasteiger charge is -2.23. The molecule has 1 aromatic rings. The Bertz CT molecular complexity index is 485. The van der Waals surface area contributed by atoms with Crippen molar-refractivity contribution in [2.45, 2.75) is 39.3 Å². The van der Waals surface area contributed by atoms with Crippen LogP contribution in [0, 0.1) is 0 Å². The van der Waals surface area contributed by atoms with Gasteiger partial charge in [0.15, 0.2) is 0 Å². The topological polar surface area (TPSA) is 35.5 Å². The summed E-state index contributed by atoms with van der Waals surface area (Å²) in [5.74, 6) is -0.470. The molecule has 0 radical (unpaired) electrons. The van der Waals surface area contributed by atoms with Crippen LogP contribution in [0.2, 0.25) is 6.04 Å². The Morgan fingerprint density at radius 2 is 1.81 bits per heavy atom. The zero-order chi connectivity index (χ0) is 15.9. The Hall–Kier alpha value is -1.65. The number of hydrogen-bond donors (Lipinski definition) is 0. The molecule has 0 aliphatic heterocycles.